The van der Waals surface area contributed by atoms with Crippen molar-refractivity contribution >= 4 is 6.03 Å². The lowest BCUT2D eigenvalue weighted by Gasteiger charge is -2.23. The maximum Gasteiger partial charge on any atom is 0.315 e. The summed E-state index contributed by atoms with van der Waals surface area (Å²) in [6, 6.07) is 6.83. The molecule has 4 nitrogen and oxygen atoms in total. The quantitative estimate of drug-likeness (QED) is 0.876. The van der Waals surface area contributed by atoms with Crippen molar-refractivity contribution in [1.82, 2.24) is 15.5 Å². The Morgan fingerprint density at radius 2 is 1.87 bits per heavy atom. The SMILES string of the molecule is O=C(NCc1ccc(F)cc1)NC[C@H]1CCN(C2CCCC2)C1. The smallest absolute Gasteiger partial charge is 0.315 e. The van der Waals surface area contributed by atoms with Crippen molar-refractivity contribution in [2.45, 2.75) is 44.7 Å². The van der Waals surface area contributed by atoms with Gasteiger partial charge in [-0.25, -0.2) is 9.18 Å². The van der Waals surface area contributed by atoms with Gasteiger partial charge in [0.05, 0.1) is 0 Å². The van der Waals surface area contributed by atoms with E-state index in [2.05, 4.69) is 15.5 Å². The van der Waals surface area contributed by atoms with Gasteiger partial charge in [-0.1, -0.05) is 25.0 Å². The van der Waals surface area contributed by atoms with E-state index in [-0.39, 0.29) is 11.8 Å². The van der Waals surface area contributed by atoms with Crippen LogP contribution >= 0.6 is 0 Å². The summed E-state index contributed by atoms with van der Waals surface area (Å²) in [5, 5.41) is 5.79. The maximum absolute atomic E-state index is 12.8. The van der Waals surface area contributed by atoms with Gasteiger partial charge >= 0.3 is 6.03 Å². The number of carbonyl (C=O) groups excluding carboxylic acids is 1. The van der Waals surface area contributed by atoms with Crippen LogP contribution in [0.15, 0.2) is 24.3 Å². The zero-order valence-corrected chi connectivity index (χ0v) is 13.6. The number of amides is 2. The summed E-state index contributed by atoms with van der Waals surface area (Å²) in [6.45, 7) is 3.45. The average molecular weight is 319 g/mol. The topological polar surface area (TPSA) is 44.4 Å². The third kappa shape index (κ3) is 4.67. The molecule has 2 amide bonds. The van der Waals surface area contributed by atoms with Crippen LogP contribution in [-0.4, -0.2) is 36.6 Å². The molecule has 3 rings (SSSR count). The van der Waals surface area contributed by atoms with Crippen molar-refractivity contribution in [3.63, 3.8) is 0 Å². The van der Waals surface area contributed by atoms with E-state index < -0.39 is 0 Å². The van der Waals surface area contributed by atoms with Gasteiger partial charge in [0.2, 0.25) is 0 Å². The van der Waals surface area contributed by atoms with E-state index in [1.807, 2.05) is 0 Å². The van der Waals surface area contributed by atoms with Crippen molar-refractivity contribution in [2.24, 2.45) is 5.92 Å². The predicted octanol–water partition coefficient (Wildman–Crippen LogP) is 2.89. The highest BCUT2D eigenvalue weighted by molar-refractivity contribution is 5.73. The Labute approximate surface area is 137 Å². The van der Waals surface area contributed by atoms with E-state index in [0.29, 0.717) is 12.5 Å². The molecule has 0 aromatic heterocycles. The molecule has 1 aliphatic carbocycles. The van der Waals surface area contributed by atoms with Gasteiger partial charge in [-0.05, 0) is 49.4 Å². The third-order valence-corrected chi connectivity index (χ3v) is 5.08. The van der Waals surface area contributed by atoms with Crippen LogP contribution in [0.4, 0.5) is 9.18 Å². The number of urea groups is 1. The normalized spacial score (nSPS) is 22.4. The summed E-state index contributed by atoms with van der Waals surface area (Å²) in [4.78, 5) is 14.5. The zero-order valence-electron chi connectivity index (χ0n) is 13.6. The lowest BCUT2D eigenvalue weighted by molar-refractivity contribution is 0.230. The number of nitrogens with one attached hydrogen (secondary N) is 2. The van der Waals surface area contributed by atoms with Crippen LogP contribution in [0.25, 0.3) is 0 Å². The number of hydrogen-bond acceptors (Lipinski definition) is 2. The van der Waals surface area contributed by atoms with Crippen molar-refractivity contribution < 1.29 is 9.18 Å². The van der Waals surface area contributed by atoms with Crippen molar-refractivity contribution in [3.05, 3.63) is 35.6 Å². The Morgan fingerprint density at radius 3 is 2.61 bits per heavy atom. The molecule has 0 spiro atoms. The van der Waals surface area contributed by atoms with Crippen LogP contribution in [0.3, 0.4) is 0 Å². The number of hydrogen-bond donors (Lipinski definition) is 2. The lowest BCUT2D eigenvalue weighted by Crippen LogP contribution is -2.39. The van der Waals surface area contributed by atoms with Crippen molar-refractivity contribution in [1.29, 1.82) is 0 Å². The van der Waals surface area contributed by atoms with Gasteiger partial charge in [0, 0.05) is 25.7 Å². The first-order valence-electron chi connectivity index (χ1n) is 8.71. The molecular weight excluding hydrogens is 293 g/mol. The Kier molecular flexibility index (Phi) is 5.49. The highest BCUT2D eigenvalue weighted by Crippen LogP contribution is 2.28. The fourth-order valence-corrected chi connectivity index (χ4v) is 3.71. The first kappa shape index (κ1) is 16.2. The van der Waals surface area contributed by atoms with Crippen LogP contribution in [-0.2, 0) is 6.54 Å². The average Bonchev–Trinajstić information content (AvgIpc) is 3.23. The van der Waals surface area contributed by atoms with E-state index >= 15 is 0 Å². The number of likely N-dealkylation sites (tertiary alicyclic amines) is 1. The number of carbonyl (C=O) groups is 1. The lowest BCUT2D eigenvalue weighted by atomic mass is 10.1. The minimum Gasteiger partial charge on any atom is -0.338 e. The molecule has 1 saturated carbocycles. The molecule has 1 aromatic carbocycles. The maximum atomic E-state index is 12.8. The molecule has 0 bridgehead atoms. The van der Waals surface area contributed by atoms with Crippen LogP contribution in [0.5, 0.6) is 0 Å². The summed E-state index contributed by atoms with van der Waals surface area (Å²) >= 11 is 0. The molecule has 1 aromatic rings. The standard InChI is InChI=1S/C18H26FN3O/c19-16-7-5-14(6-8-16)11-20-18(23)21-12-15-9-10-22(13-15)17-3-1-2-4-17/h5-8,15,17H,1-4,9-13H2,(H2,20,21,23)/t15-/m1/s1. The summed E-state index contributed by atoms with van der Waals surface area (Å²) < 4.78 is 12.8. The number of nitrogens with zero attached hydrogens (tertiary/aromatic N) is 1. The van der Waals surface area contributed by atoms with Crippen LogP contribution < -0.4 is 10.6 Å². The monoisotopic (exact) mass is 319 g/mol. The Bertz CT molecular complexity index is 514. The Hall–Kier alpha value is -1.62. The van der Waals surface area contributed by atoms with Crippen molar-refractivity contribution in [2.75, 3.05) is 19.6 Å². The van der Waals surface area contributed by atoms with Gasteiger partial charge in [-0.15, -0.1) is 0 Å². The molecule has 0 unspecified atom stereocenters. The Balaban J connectivity index is 1.33. The largest absolute Gasteiger partial charge is 0.338 e. The van der Waals surface area contributed by atoms with Crippen LogP contribution in [0, 0.1) is 11.7 Å². The second-order valence-electron chi connectivity index (χ2n) is 6.78. The third-order valence-electron chi connectivity index (χ3n) is 5.08. The molecule has 0 radical (unpaired) electrons. The summed E-state index contributed by atoms with van der Waals surface area (Å²) in [6.07, 6.45) is 6.61. The highest BCUT2D eigenvalue weighted by Gasteiger charge is 2.29. The molecule has 2 N–H and O–H groups in total. The Morgan fingerprint density at radius 1 is 1.13 bits per heavy atom. The molecule has 126 valence electrons. The van der Waals surface area contributed by atoms with Gasteiger partial charge in [-0.2, -0.15) is 0 Å². The van der Waals surface area contributed by atoms with Gasteiger partial charge in [0.15, 0.2) is 0 Å². The fourth-order valence-electron chi connectivity index (χ4n) is 3.71. The molecule has 2 fully saturated rings. The molecule has 1 atom stereocenters. The fraction of sp³-hybridized carbons (Fsp3) is 0.611. The van der Waals surface area contributed by atoms with Crippen molar-refractivity contribution in [3.8, 4) is 0 Å². The molecule has 1 aliphatic heterocycles. The first-order valence-corrected chi connectivity index (χ1v) is 8.71. The van der Waals surface area contributed by atoms with Gasteiger partial charge in [0.1, 0.15) is 5.82 Å². The molecular formula is C18H26FN3O. The second kappa shape index (κ2) is 7.77. The molecule has 1 saturated heterocycles. The second-order valence-corrected chi connectivity index (χ2v) is 6.78. The number of rotatable bonds is 5. The van der Waals surface area contributed by atoms with Gasteiger partial charge < -0.3 is 15.5 Å². The van der Waals surface area contributed by atoms with E-state index in [1.165, 1.54) is 50.8 Å². The summed E-state index contributed by atoms with van der Waals surface area (Å²) in [7, 11) is 0. The predicted molar refractivity (Wildman–Crippen MR) is 88.6 cm³/mol. The molecule has 5 heteroatoms. The number of benzene rings is 1. The zero-order chi connectivity index (χ0) is 16.1. The molecule has 2 aliphatic rings. The molecule has 23 heavy (non-hydrogen) atoms. The minimum absolute atomic E-state index is 0.145. The minimum atomic E-state index is -0.258. The first-order chi connectivity index (χ1) is 11.2. The van der Waals surface area contributed by atoms with Crippen LogP contribution in [0.2, 0.25) is 0 Å². The van der Waals surface area contributed by atoms with E-state index in [0.717, 1.165) is 24.7 Å². The summed E-state index contributed by atoms with van der Waals surface area (Å²) in [5.41, 5.74) is 0.898. The van der Waals surface area contributed by atoms with Crippen LogP contribution in [0.1, 0.15) is 37.7 Å². The van der Waals surface area contributed by atoms with E-state index in [4.69, 9.17) is 0 Å². The molecule has 1 heterocycles. The van der Waals surface area contributed by atoms with E-state index in [9.17, 15) is 9.18 Å². The number of halogens is 1. The highest BCUT2D eigenvalue weighted by atomic mass is 19.1. The van der Waals surface area contributed by atoms with Gasteiger partial charge in [0.25, 0.3) is 0 Å². The summed E-state index contributed by atoms with van der Waals surface area (Å²) in [5.74, 6) is 0.304. The van der Waals surface area contributed by atoms with E-state index in [1.54, 1.807) is 12.1 Å². The van der Waals surface area contributed by atoms with Gasteiger partial charge in [-0.3, -0.25) is 0 Å².